The average Bonchev–Trinajstić information content (AvgIpc) is 3.08. The van der Waals surface area contributed by atoms with Crippen molar-refractivity contribution < 1.29 is 18.7 Å². The Bertz CT molecular complexity index is 1150. The van der Waals surface area contributed by atoms with E-state index in [9.17, 15) is 14.0 Å². The minimum absolute atomic E-state index is 0.0464. The van der Waals surface area contributed by atoms with Crippen LogP contribution in [0, 0.1) is 17.4 Å². The first-order valence-electron chi connectivity index (χ1n) is 8.39. The molecule has 2 heterocycles. The Morgan fingerprint density at radius 2 is 2.07 bits per heavy atom. The van der Waals surface area contributed by atoms with E-state index in [0.29, 0.717) is 15.9 Å². The third-order valence-electron chi connectivity index (χ3n) is 3.62. The second kappa shape index (κ2) is 10.3. The predicted molar refractivity (Wildman–Crippen MR) is 119 cm³/mol. The van der Waals surface area contributed by atoms with Crippen LogP contribution in [0.1, 0.15) is 22.2 Å². The summed E-state index contributed by atoms with van der Waals surface area (Å²) in [7, 11) is 1.26. The highest BCUT2D eigenvalue weighted by Crippen LogP contribution is 2.32. The van der Waals surface area contributed by atoms with Crippen molar-refractivity contribution in [3.63, 3.8) is 0 Å². The third-order valence-corrected chi connectivity index (χ3v) is 5.21. The molecule has 0 unspecified atom stereocenters. The molecular formula is C19H18ClFN4O3S2. The van der Waals surface area contributed by atoms with Crippen LogP contribution < -0.4 is 11.1 Å². The number of methoxy groups -OCH3 is 1. The standard InChI is InChI=1S/C11H8ClFN2O2S.C8H10N2OS/c1-17-10(16)9-8(15-11(14)18-9)5-2-3-7(13)6(12)4-5;1-5-3-7(10-6(2)11)4-9-8(5)12/h2-4H,1H3,(H2,14,15);3-4H,1-2H3,(H,9,12)(H,10,11). The van der Waals surface area contributed by atoms with Gasteiger partial charge in [-0.2, -0.15) is 0 Å². The van der Waals surface area contributed by atoms with Gasteiger partial charge < -0.3 is 20.8 Å². The molecular weight excluding hydrogens is 451 g/mol. The van der Waals surface area contributed by atoms with Crippen LogP contribution in [0.3, 0.4) is 0 Å². The number of pyridine rings is 1. The monoisotopic (exact) mass is 468 g/mol. The van der Waals surface area contributed by atoms with E-state index in [1.54, 1.807) is 6.20 Å². The maximum absolute atomic E-state index is 13.1. The SMILES string of the molecule is CC(=O)Nc1c[nH]c(=S)c(C)c1.COC(=O)c1sc(N)nc1-c1ccc(F)c(Cl)c1. The van der Waals surface area contributed by atoms with E-state index >= 15 is 0 Å². The second-order valence-corrected chi connectivity index (χ2v) is 7.78. The van der Waals surface area contributed by atoms with Gasteiger partial charge in [0.1, 0.15) is 15.3 Å². The van der Waals surface area contributed by atoms with Gasteiger partial charge in [-0.05, 0) is 36.8 Å². The number of nitrogen functional groups attached to an aromatic ring is 1. The molecule has 158 valence electrons. The van der Waals surface area contributed by atoms with Crippen LogP contribution in [-0.2, 0) is 9.53 Å². The lowest BCUT2D eigenvalue weighted by Gasteiger charge is -2.02. The summed E-state index contributed by atoms with van der Waals surface area (Å²) in [5.41, 5.74) is 8.12. The first-order valence-corrected chi connectivity index (χ1v) is 9.99. The predicted octanol–water partition coefficient (Wildman–Crippen LogP) is 4.98. The topological polar surface area (TPSA) is 110 Å². The first-order chi connectivity index (χ1) is 14.1. The van der Waals surface area contributed by atoms with E-state index in [0.717, 1.165) is 22.6 Å². The van der Waals surface area contributed by atoms with Gasteiger partial charge in [0.05, 0.1) is 23.5 Å². The van der Waals surface area contributed by atoms with Crippen LogP contribution in [0.15, 0.2) is 30.5 Å². The number of nitrogens with one attached hydrogen (secondary N) is 2. The number of carbonyl (C=O) groups excluding carboxylic acids is 2. The molecule has 0 aliphatic carbocycles. The number of amides is 1. The summed E-state index contributed by atoms with van der Waals surface area (Å²) in [6.07, 6.45) is 1.68. The summed E-state index contributed by atoms with van der Waals surface area (Å²) >= 11 is 11.7. The number of nitrogens with zero attached hydrogens (tertiary/aromatic N) is 1. The highest BCUT2D eigenvalue weighted by atomic mass is 35.5. The van der Waals surface area contributed by atoms with Crippen molar-refractivity contribution in [2.45, 2.75) is 13.8 Å². The molecule has 3 rings (SSSR count). The summed E-state index contributed by atoms with van der Waals surface area (Å²) in [6, 6.07) is 5.90. The zero-order valence-corrected chi connectivity index (χ0v) is 18.6. The molecule has 1 aromatic carbocycles. The van der Waals surface area contributed by atoms with Gasteiger partial charge in [0, 0.05) is 18.7 Å². The number of nitrogens with two attached hydrogens (primary N) is 1. The molecule has 0 aliphatic rings. The zero-order chi connectivity index (χ0) is 22.4. The van der Waals surface area contributed by atoms with E-state index in [1.165, 1.54) is 32.2 Å². The number of thiazole rings is 1. The van der Waals surface area contributed by atoms with Crippen LogP contribution in [0.25, 0.3) is 11.3 Å². The van der Waals surface area contributed by atoms with Crippen LogP contribution in [-0.4, -0.2) is 29.0 Å². The third kappa shape index (κ3) is 6.09. The van der Waals surface area contributed by atoms with Crippen molar-refractivity contribution in [2.24, 2.45) is 0 Å². The molecule has 11 heteroatoms. The molecule has 30 heavy (non-hydrogen) atoms. The van der Waals surface area contributed by atoms with Crippen LogP contribution in [0.2, 0.25) is 5.02 Å². The molecule has 0 aliphatic heterocycles. The maximum Gasteiger partial charge on any atom is 0.350 e. The van der Waals surface area contributed by atoms with Gasteiger partial charge in [0.25, 0.3) is 0 Å². The number of benzene rings is 1. The first kappa shape index (κ1) is 23.5. The molecule has 0 saturated heterocycles. The fraction of sp³-hybridized carbons (Fsp3) is 0.158. The summed E-state index contributed by atoms with van der Waals surface area (Å²) in [4.78, 5) is 29.4. The van der Waals surface area contributed by atoms with Crippen molar-refractivity contribution >= 4 is 57.9 Å². The molecule has 1 amide bonds. The van der Waals surface area contributed by atoms with Crippen LogP contribution >= 0.6 is 35.2 Å². The van der Waals surface area contributed by atoms with Crippen molar-refractivity contribution in [1.29, 1.82) is 0 Å². The molecule has 4 N–H and O–H groups in total. The number of aromatic amines is 1. The Kier molecular flexibility index (Phi) is 8.04. The number of anilines is 2. The number of halogens is 2. The lowest BCUT2D eigenvalue weighted by Crippen LogP contribution is -2.06. The Morgan fingerprint density at radius 1 is 1.37 bits per heavy atom. The molecule has 0 bridgehead atoms. The Morgan fingerprint density at radius 3 is 2.63 bits per heavy atom. The molecule has 0 radical (unpaired) electrons. The number of rotatable bonds is 3. The van der Waals surface area contributed by atoms with Gasteiger partial charge >= 0.3 is 5.97 Å². The Labute approximate surface area is 186 Å². The quantitative estimate of drug-likeness (QED) is 0.369. The highest BCUT2D eigenvalue weighted by Gasteiger charge is 2.19. The number of H-pyrrole nitrogens is 1. The van der Waals surface area contributed by atoms with E-state index in [1.807, 2.05) is 13.0 Å². The molecule has 3 aromatic rings. The Hall–Kier alpha value is -2.82. The molecule has 0 spiro atoms. The van der Waals surface area contributed by atoms with Gasteiger partial charge in [-0.15, -0.1) is 0 Å². The molecule has 2 aromatic heterocycles. The van der Waals surface area contributed by atoms with Gasteiger partial charge in [-0.25, -0.2) is 14.2 Å². The van der Waals surface area contributed by atoms with Crippen LogP contribution in [0.5, 0.6) is 0 Å². The number of aromatic nitrogens is 2. The summed E-state index contributed by atoms with van der Waals surface area (Å²) in [5, 5.41) is 2.84. The minimum atomic E-state index is -0.542. The van der Waals surface area contributed by atoms with E-state index in [-0.39, 0.29) is 20.9 Å². The largest absolute Gasteiger partial charge is 0.465 e. The number of hydrogen-bond acceptors (Lipinski definition) is 7. The van der Waals surface area contributed by atoms with E-state index in [4.69, 9.17) is 29.6 Å². The molecule has 0 atom stereocenters. The number of esters is 1. The van der Waals surface area contributed by atoms with E-state index < -0.39 is 11.8 Å². The lowest BCUT2D eigenvalue weighted by atomic mass is 10.1. The second-order valence-electron chi connectivity index (χ2n) is 5.93. The number of carbonyl (C=O) groups is 2. The zero-order valence-electron chi connectivity index (χ0n) is 16.2. The Balaban J connectivity index is 0.000000232. The van der Waals surface area contributed by atoms with Crippen molar-refractivity contribution in [2.75, 3.05) is 18.2 Å². The van der Waals surface area contributed by atoms with Crippen molar-refractivity contribution in [1.82, 2.24) is 9.97 Å². The normalized spacial score (nSPS) is 10.0. The highest BCUT2D eigenvalue weighted by molar-refractivity contribution is 7.71. The van der Waals surface area contributed by atoms with Crippen LogP contribution in [0.4, 0.5) is 15.2 Å². The molecule has 0 fully saturated rings. The summed E-state index contributed by atoms with van der Waals surface area (Å²) < 4.78 is 18.4. The summed E-state index contributed by atoms with van der Waals surface area (Å²) in [6.45, 7) is 3.36. The number of ether oxygens (including phenoxy) is 1. The fourth-order valence-electron chi connectivity index (χ4n) is 2.28. The molecule has 7 nitrogen and oxygen atoms in total. The smallest absolute Gasteiger partial charge is 0.350 e. The van der Waals surface area contributed by atoms with Gasteiger partial charge in [0.2, 0.25) is 5.91 Å². The maximum atomic E-state index is 13.1. The molecule has 0 saturated carbocycles. The van der Waals surface area contributed by atoms with Gasteiger partial charge in [-0.1, -0.05) is 35.2 Å². The summed E-state index contributed by atoms with van der Waals surface area (Å²) in [5.74, 6) is -1.16. The van der Waals surface area contributed by atoms with E-state index in [2.05, 4.69) is 20.0 Å². The number of aryl methyl sites for hydroxylation is 1. The number of hydrogen-bond donors (Lipinski definition) is 3. The lowest BCUT2D eigenvalue weighted by molar-refractivity contribution is -0.114. The fourth-order valence-corrected chi connectivity index (χ4v) is 3.35. The average molecular weight is 469 g/mol. The van der Waals surface area contributed by atoms with Crippen molar-refractivity contribution in [3.8, 4) is 11.3 Å². The van der Waals surface area contributed by atoms with Gasteiger partial charge in [-0.3, -0.25) is 4.79 Å². The van der Waals surface area contributed by atoms with Gasteiger partial charge in [0.15, 0.2) is 5.13 Å². The minimum Gasteiger partial charge on any atom is -0.465 e. The van der Waals surface area contributed by atoms with Crippen molar-refractivity contribution in [3.05, 3.63) is 56.4 Å².